The van der Waals surface area contributed by atoms with E-state index in [2.05, 4.69) is 70.3 Å². The number of anilines is 2. The number of amides is 1. The van der Waals surface area contributed by atoms with E-state index in [0.717, 1.165) is 25.3 Å². The summed E-state index contributed by atoms with van der Waals surface area (Å²) in [7, 11) is -1.31. The first kappa shape index (κ1) is 27.7. The van der Waals surface area contributed by atoms with Gasteiger partial charge in [0.25, 0.3) is 0 Å². The highest BCUT2D eigenvalue weighted by molar-refractivity contribution is 7.90. The number of nitrogens with zero attached hydrogens (tertiary/aromatic N) is 2. The predicted molar refractivity (Wildman–Crippen MR) is 145 cm³/mol. The standard InChI is InChI=1S/C26H45N5O3S/c1-19-17-31(18-20(2)28-19)24-9-7-8-23(16-24)30(6)15-14-27-25(32)21-10-12-22(13-11-21)29-35(33,34)26(3,4)5/h7-9,16,19-22,28-29H,10-15,17-18H2,1-6H3,(H,27,32). The fourth-order valence-corrected chi connectivity index (χ4v) is 5.98. The fraction of sp³-hybridized carbons (Fsp3) is 0.731. The second-order valence-corrected chi connectivity index (χ2v) is 13.9. The van der Waals surface area contributed by atoms with E-state index in [0.29, 0.717) is 44.3 Å². The number of sulfonamides is 1. The molecule has 0 bridgehead atoms. The summed E-state index contributed by atoms with van der Waals surface area (Å²) in [5.74, 6) is 0.0313. The molecule has 2 fully saturated rings. The van der Waals surface area contributed by atoms with E-state index in [1.807, 2.05) is 0 Å². The number of likely N-dealkylation sites (N-methyl/N-ethyl adjacent to an activating group) is 1. The second-order valence-electron chi connectivity index (χ2n) is 11.4. The van der Waals surface area contributed by atoms with Crippen LogP contribution in [0.15, 0.2) is 24.3 Å². The van der Waals surface area contributed by atoms with E-state index in [1.54, 1.807) is 20.8 Å². The van der Waals surface area contributed by atoms with Gasteiger partial charge in [-0.3, -0.25) is 4.79 Å². The Kier molecular flexibility index (Phi) is 9.10. The van der Waals surface area contributed by atoms with Gasteiger partial charge in [0, 0.05) is 68.6 Å². The van der Waals surface area contributed by atoms with Gasteiger partial charge in [-0.2, -0.15) is 0 Å². The third-order valence-electron chi connectivity index (χ3n) is 7.17. The molecule has 35 heavy (non-hydrogen) atoms. The van der Waals surface area contributed by atoms with Crippen molar-refractivity contribution in [1.29, 1.82) is 0 Å². The molecule has 1 aliphatic carbocycles. The van der Waals surface area contributed by atoms with E-state index < -0.39 is 14.8 Å². The average molecular weight is 508 g/mol. The van der Waals surface area contributed by atoms with Crippen LogP contribution in [0.2, 0.25) is 0 Å². The van der Waals surface area contributed by atoms with Crippen LogP contribution >= 0.6 is 0 Å². The van der Waals surface area contributed by atoms with Gasteiger partial charge >= 0.3 is 0 Å². The Morgan fingerprint density at radius 1 is 1.11 bits per heavy atom. The smallest absolute Gasteiger partial charge is 0.223 e. The molecule has 9 heteroatoms. The van der Waals surface area contributed by atoms with Gasteiger partial charge in [-0.15, -0.1) is 0 Å². The van der Waals surface area contributed by atoms with Crippen molar-refractivity contribution in [1.82, 2.24) is 15.4 Å². The van der Waals surface area contributed by atoms with Crippen molar-refractivity contribution in [3.63, 3.8) is 0 Å². The average Bonchev–Trinajstić information content (AvgIpc) is 2.78. The molecule has 3 N–H and O–H groups in total. The van der Waals surface area contributed by atoms with Gasteiger partial charge in [0.15, 0.2) is 0 Å². The molecule has 1 saturated heterocycles. The van der Waals surface area contributed by atoms with Crippen molar-refractivity contribution in [2.24, 2.45) is 5.92 Å². The van der Waals surface area contributed by atoms with Gasteiger partial charge in [0.2, 0.25) is 15.9 Å². The SMILES string of the molecule is CC1CN(c2cccc(N(C)CCNC(=O)C3CCC(NS(=O)(=O)C(C)(C)C)CC3)c2)CC(C)N1. The minimum Gasteiger partial charge on any atom is -0.373 e. The lowest BCUT2D eigenvalue weighted by Gasteiger charge is -2.38. The van der Waals surface area contributed by atoms with Crippen molar-refractivity contribution >= 4 is 27.3 Å². The summed E-state index contributed by atoms with van der Waals surface area (Å²) in [4.78, 5) is 17.3. The number of hydrogen-bond acceptors (Lipinski definition) is 6. The Hall–Kier alpha value is -1.84. The number of benzene rings is 1. The predicted octanol–water partition coefficient (Wildman–Crippen LogP) is 2.70. The zero-order valence-electron chi connectivity index (χ0n) is 22.3. The third-order valence-corrected chi connectivity index (χ3v) is 9.42. The van der Waals surface area contributed by atoms with Gasteiger partial charge in [0.05, 0.1) is 4.75 Å². The van der Waals surface area contributed by atoms with Crippen LogP contribution in [0.5, 0.6) is 0 Å². The molecule has 0 aromatic heterocycles. The lowest BCUT2D eigenvalue weighted by atomic mass is 9.86. The largest absolute Gasteiger partial charge is 0.373 e. The first-order chi connectivity index (χ1) is 16.4. The zero-order valence-corrected chi connectivity index (χ0v) is 23.1. The molecule has 2 aliphatic rings. The van der Waals surface area contributed by atoms with Gasteiger partial charge < -0.3 is 20.4 Å². The molecule has 198 valence electrons. The molecule has 8 nitrogen and oxygen atoms in total. The van der Waals surface area contributed by atoms with Crippen molar-refractivity contribution in [2.45, 2.75) is 83.2 Å². The maximum Gasteiger partial charge on any atom is 0.223 e. The number of piperazine rings is 1. The Labute approximate surface area is 212 Å². The molecule has 1 amide bonds. The normalized spacial score (nSPS) is 25.8. The quantitative estimate of drug-likeness (QED) is 0.501. The Morgan fingerprint density at radius 3 is 2.34 bits per heavy atom. The summed E-state index contributed by atoms with van der Waals surface area (Å²) < 4.78 is 26.8. The number of carbonyl (C=O) groups excluding carboxylic acids is 1. The van der Waals surface area contributed by atoms with Crippen LogP contribution in [0.25, 0.3) is 0 Å². The maximum absolute atomic E-state index is 12.7. The van der Waals surface area contributed by atoms with Crippen molar-refractivity contribution in [3.8, 4) is 0 Å². The van der Waals surface area contributed by atoms with Crippen molar-refractivity contribution in [3.05, 3.63) is 24.3 Å². The molecular formula is C26H45N5O3S. The molecule has 1 heterocycles. The number of rotatable bonds is 8. The summed E-state index contributed by atoms with van der Waals surface area (Å²) in [5, 5.41) is 6.67. The molecule has 3 rings (SSSR count). The van der Waals surface area contributed by atoms with Gasteiger partial charge in [-0.05, 0) is 78.5 Å². The summed E-state index contributed by atoms with van der Waals surface area (Å²) in [6.45, 7) is 12.8. The van der Waals surface area contributed by atoms with E-state index in [1.165, 1.54) is 5.69 Å². The highest BCUT2D eigenvalue weighted by Crippen LogP contribution is 2.27. The molecule has 1 aliphatic heterocycles. The van der Waals surface area contributed by atoms with Crippen LogP contribution in [0.3, 0.4) is 0 Å². The van der Waals surface area contributed by atoms with Crippen LogP contribution in [0, 0.1) is 5.92 Å². The lowest BCUT2D eigenvalue weighted by molar-refractivity contribution is -0.125. The Balaban J connectivity index is 1.43. The lowest BCUT2D eigenvalue weighted by Crippen LogP contribution is -2.54. The molecule has 1 aromatic carbocycles. The monoisotopic (exact) mass is 507 g/mol. The molecule has 2 atom stereocenters. The van der Waals surface area contributed by atoms with Crippen LogP contribution in [-0.4, -0.2) is 70.4 Å². The van der Waals surface area contributed by atoms with E-state index >= 15 is 0 Å². The van der Waals surface area contributed by atoms with E-state index in [-0.39, 0.29) is 17.9 Å². The first-order valence-electron chi connectivity index (χ1n) is 13.0. The van der Waals surface area contributed by atoms with Crippen molar-refractivity contribution < 1.29 is 13.2 Å². The van der Waals surface area contributed by atoms with Gasteiger partial charge in [0.1, 0.15) is 0 Å². The van der Waals surface area contributed by atoms with Crippen molar-refractivity contribution in [2.75, 3.05) is 43.0 Å². The molecule has 2 unspecified atom stereocenters. The number of carbonyl (C=O) groups is 1. The van der Waals surface area contributed by atoms with E-state index in [4.69, 9.17) is 0 Å². The van der Waals surface area contributed by atoms with Crippen LogP contribution in [0.1, 0.15) is 60.3 Å². The van der Waals surface area contributed by atoms with E-state index in [9.17, 15) is 13.2 Å². The highest BCUT2D eigenvalue weighted by atomic mass is 32.2. The Bertz CT molecular complexity index is 944. The minimum absolute atomic E-state index is 0.0456. The second kappa shape index (κ2) is 11.5. The fourth-order valence-electron chi connectivity index (χ4n) is 4.95. The number of nitrogens with one attached hydrogen (secondary N) is 3. The highest BCUT2D eigenvalue weighted by Gasteiger charge is 2.34. The summed E-state index contributed by atoms with van der Waals surface area (Å²) in [6, 6.07) is 9.45. The summed E-state index contributed by atoms with van der Waals surface area (Å²) >= 11 is 0. The molecule has 1 aromatic rings. The minimum atomic E-state index is -3.36. The molecule has 0 spiro atoms. The zero-order chi connectivity index (χ0) is 25.8. The first-order valence-corrected chi connectivity index (χ1v) is 14.5. The number of hydrogen-bond donors (Lipinski definition) is 3. The molecule has 1 saturated carbocycles. The van der Waals surface area contributed by atoms with Gasteiger partial charge in [-0.1, -0.05) is 6.07 Å². The van der Waals surface area contributed by atoms with Crippen LogP contribution < -0.4 is 25.2 Å². The summed E-state index contributed by atoms with van der Waals surface area (Å²) in [6.07, 6.45) is 2.82. The van der Waals surface area contributed by atoms with Crippen LogP contribution in [-0.2, 0) is 14.8 Å². The summed E-state index contributed by atoms with van der Waals surface area (Å²) in [5.41, 5.74) is 2.37. The Morgan fingerprint density at radius 2 is 1.74 bits per heavy atom. The topological polar surface area (TPSA) is 93.8 Å². The maximum atomic E-state index is 12.7. The molecule has 0 radical (unpaired) electrons. The third kappa shape index (κ3) is 7.57. The van der Waals surface area contributed by atoms with Gasteiger partial charge in [-0.25, -0.2) is 13.1 Å². The van der Waals surface area contributed by atoms with Crippen LogP contribution in [0.4, 0.5) is 11.4 Å². The molecular weight excluding hydrogens is 462 g/mol.